The number of benzene rings is 3. The van der Waals surface area contributed by atoms with Crippen molar-refractivity contribution in [1.82, 2.24) is 4.57 Å². The monoisotopic (exact) mass is 448 g/mol. The fraction of sp³-hybridized carbons (Fsp3) is 0.0417. The standard InChI is InChI=1S/C24H17FN2O4S/c25-17-9-3-1-7-15(17)13-27-20-11-5-2-8-16(20)23(28)22(24(27)29)19-14-32(30,31)21-12-6-4-10-18(21)26-19/h1-12,14,26,28H,13H2. The number of hydrogen-bond acceptors (Lipinski definition) is 5. The summed E-state index contributed by atoms with van der Waals surface area (Å²) >= 11 is 0. The van der Waals surface area contributed by atoms with E-state index in [0.29, 0.717) is 22.2 Å². The molecule has 0 saturated carbocycles. The van der Waals surface area contributed by atoms with Crippen molar-refractivity contribution in [3.63, 3.8) is 0 Å². The first-order valence-corrected chi connectivity index (χ1v) is 11.3. The number of pyridine rings is 1. The van der Waals surface area contributed by atoms with Crippen LogP contribution in [0.1, 0.15) is 11.1 Å². The number of aromatic nitrogens is 1. The van der Waals surface area contributed by atoms with Gasteiger partial charge in [0.15, 0.2) is 0 Å². The van der Waals surface area contributed by atoms with Crippen LogP contribution in [-0.4, -0.2) is 18.1 Å². The van der Waals surface area contributed by atoms with Gasteiger partial charge in [-0.25, -0.2) is 12.8 Å². The fourth-order valence-corrected chi connectivity index (χ4v) is 5.23. The number of halogens is 1. The molecule has 2 heterocycles. The predicted octanol–water partition coefficient (Wildman–Crippen LogP) is 4.09. The highest BCUT2D eigenvalue weighted by molar-refractivity contribution is 7.94. The highest BCUT2D eigenvalue weighted by Crippen LogP contribution is 2.37. The maximum Gasteiger partial charge on any atom is 0.264 e. The number of nitrogens with one attached hydrogen (secondary N) is 1. The number of rotatable bonds is 3. The molecule has 0 amide bonds. The lowest BCUT2D eigenvalue weighted by atomic mass is 10.1. The molecule has 0 saturated heterocycles. The van der Waals surface area contributed by atoms with Gasteiger partial charge in [-0.15, -0.1) is 0 Å². The van der Waals surface area contributed by atoms with Crippen molar-refractivity contribution in [3.05, 3.63) is 106 Å². The molecule has 32 heavy (non-hydrogen) atoms. The van der Waals surface area contributed by atoms with E-state index in [-0.39, 0.29) is 28.5 Å². The lowest BCUT2D eigenvalue weighted by molar-refractivity contribution is 0.477. The van der Waals surface area contributed by atoms with Gasteiger partial charge in [-0.1, -0.05) is 42.5 Å². The Kier molecular flexibility index (Phi) is 4.60. The summed E-state index contributed by atoms with van der Waals surface area (Å²) in [7, 11) is -3.85. The molecule has 4 aromatic rings. The molecule has 0 radical (unpaired) electrons. The minimum atomic E-state index is -3.85. The average molecular weight is 448 g/mol. The molecule has 160 valence electrons. The van der Waals surface area contributed by atoms with Crippen LogP contribution in [0, 0.1) is 5.82 Å². The van der Waals surface area contributed by atoms with Gasteiger partial charge >= 0.3 is 0 Å². The summed E-state index contributed by atoms with van der Waals surface area (Å²) in [5.74, 6) is -0.812. The van der Waals surface area contributed by atoms with Crippen LogP contribution in [0.4, 0.5) is 10.1 Å². The zero-order chi connectivity index (χ0) is 22.5. The Labute approximate surface area is 182 Å². The fourth-order valence-electron chi connectivity index (χ4n) is 3.92. The SMILES string of the molecule is O=c1c(C2=CS(=O)(=O)c3ccccc3N2)c(O)c2ccccc2n1Cc1ccccc1F. The molecule has 0 bridgehead atoms. The Morgan fingerprint density at radius 1 is 0.938 bits per heavy atom. The van der Waals surface area contributed by atoms with Crippen LogP contribution >= 0.6 is 0 Å². The second-order valence-corrected chi connectivity index (χ2v) is 9.19. The molecular formula is C24H17FN2O4S. The summed E-state index contributed by atoms with van der Waals surface area (Å²) in [6, 6.07) is 19.1. The molecule has 0 aliphatic carbocycles. The highest BCUT2D eigenvalue weighted by Gasteiger charge is 2.28. The molecular weight excluding hydrogens is 431 g/mol. The Bertz CT molecular complexity index is 1590. The summed E-state index contributed by atoms with van der Waals surface area (Å²) < 4.78 is 41.3. The van der Waals surface area contributed by atoms with Gasteiger partial charge in [-0.2, -0.15) is 0 Å². The van der Waals surface area contributed by atoms with E-state index in [4.69, 9.17) is 0 Å². The molecule has 2 N–H and O–H groups in total. The van der Waals surface area contributed by atoms with Crippen molar-refractivity contribution < 1.29 is 17.9 Å². The zero-order valence-corrected chi connectivity index (χ0v) is 17.4. The predicted molar refractivity (Wildman–Crippen MR) is 121 cm³/mol. The first kappa shape index (κ1) is 20.0. The molecule has 0 spiro atoms. The van der Waals surface area contributed by atoms with Gasteiger partial charge in [-0.05, 0) is 30.3 Å². The summed E-state index contributed by atoms with van der Waals surface area (Å²) in [5, 5.41) is 15.2. The third-order valence-corrected chi connectivity index (χ3v) is 6.95. The Morgan fingerprint density at radius 2 is 1.62 bits per heavy atom. The van der Waals surface area contributed by atoms with Crippen LogP contribution in [0.15, 0.2) is 87.9 Å². The van der Waals surface area contributed by atoms with Crippen LogP contribution in [0.2, 0.25) is 0 Å². The topological polar surface area (TPSA) is 88.4 Å². The van der Waals surface area contributed by atoms with Gasteiger partial charge in [0.2, 0.25) is 9.84 Å². The van der Waals surface area contributed by atoms with Gasteiger partial charge < -0.3 is 15.0 Å². The Balaban J connectivity index is 1.78. The summed E-state index contributed by atoms with van der Waals surface area (Å²) in [4.78, 5) is 13.6. The lowest BCUT2D eigenvalue weighted by Gasteiger charge is -2.21. The molecule has 8 heteroatoms. The number of fused-ring (bicyclic) bond motifs is 2. The quantitative estimate of drug-likeness (QED) is 0.493. The van der Waals surface area contributed by atoms with Crippen molar-refractivity contribution in [3.8, 4) is 5.75 Å². The molecule has 0 unspecified atom stereocenters. The van der Waals surface area contributed by atoms with E-state index >= 15 is 0 Å². The summed E-state index contributed by atoms with van der Waals surface area (Å²) in [6.45, 7) is -0.0874. The number of hydrogen-bond donors (Lipinski definition) is 2. The second-order valence-electron chi connectivity index (χ2n) is 7.42. The smallest absolute Gasteiger partial charge is 0.264 e. The zero-order valence-electron chi connectivity index (χ0n) is 16.6. The minimum absolute atomic E-state index is 0.0424. The van der Waals surface area contributed by atoms with Gasteiger partial charge in [-0.3, -0.25) is 4.79 Å². The van der Waals surface area contributed by atoms with E-state index in [1.54, 1.807) is 60.7 Å². The number of para-hydroxylation sites is 2. The van der Waals surface area contributed by atoms with Crippen LogP contribution in [0.5, 0.6) is 5.75 Å². The van der Waals surface area contributed by atoms with Crippen LogP contribution in [0.25, 0.3) is 16.6 Å². The molecule has 1 aromatic heterocycles. The molecule has 5 rings (SSSR count). The Hall–Kier alpha value is -3.91. The van der Waals surface area contributed by atoms with E-state index in [9.17, 15) is 22.7 Å². The largest absolute Gasteiger partial charge is 0.506 e. The molecule has 1 aliphatic rings. The van der Waals surface area contributed by atoms with E-state index in [2.05, 4.69) is 5.32 Å². The molecule has 3 aromatic carbocycles. The van der Waals surface area contributed by atoms with Gasteiger partial charge in [0.05, 0.1) is 33.7 Å². The third-order valence-electron chi connectivity index (χ3n) is 5.44. The van der Waals surface area contributed by atoms with E-state index < -0.39 is 21.2 Å². The molecule has 1 aliphatic heterocycles. The first-order chi connectivity index (χ1) is 15.4. The maximum atomic E-state index is 14.3. The third kappa shape index (κ3) is 3.16. The van der Waals surface area contributed by atoms with Crippen LogP contribution in [-0.2, 0) is 16.4 Å². The Morgan fingerprint density at radius 3 is 2.44 bits per heavy atom. The van der Waals surface area contributed by atoms with Gasteiger partial charge in [0.1, 0.15) is 17.1 Å². The number of nitrogens with zero attached hydrogens (tertiary/aromatic N) is 1. The molecule has 6 nitrogen and oxygen atoms in total. The number of anilines is 1. The maximum absolute atomic E-state index is 14.3. The van der Waals surface area contributed by atoms with Crippen LogP contribution < -0.4 is 10.9 Å². The van der Waals surface area contributed by atoms with Gasteiger partial charge in [0, 0.05) is 10.9 Å². The van der Waals surface area contributed by atoms with E-state index in [1.807, 2.05) is 0 Å². The van der Waals surface area contributed by atoms with E-state index in [1.165, 1.54) is 16.7 Å². The lowest BCUT2D eigenvalue weighted by Crippen LogP contribution is -2.27. The van der Waals surface area contributed by atoms with Crippen molar-refractivity contribution in [2.75, 3.05) is 5.32 Å². The second kappa shape index (κ2) is 7.35. The van der Waals surface area contributed by atoms with Crippen molar-refractivity contribution in [2.24, 2.45) is 0 Å². The average Bonchev–Trinajstić information content (AvgIpc) is 2.77. The normalized spacial score (nSPS) is 14.5. The van der Waals surface area contributed by atoms with Crippen molar-refractivity contribution in [2.45, 2.75) is 11.4 Å². The summed E-state index contributed by atoms with van der Waals surface area (Å²) in [5.41, 5.74) is 0.120. The van der Waals surface area contributed by atoms with Gasteiger partial charge in [0.25, 0.3) is 5.56 Å². The first-order valence-electron chi connectivity index (χ1n) is 9.78. The molecule has 0 fully saturated rings. The number of aromatic hydroxyl groups is 1. The summed E-state index contributed by atoms with van der Waals surface area (Å²) in [6.07, 6.45) is 0. The van der Waals surface area contributed by atoms with Crippen molar-refractivity contribution >= 4 is 32.1 Å². The minimum Gasteiger partial charge on any atom is -0.506 e. The molecule has 0 atom stereocenters. The number of sulfone groups is 1. The van der Waals surface area contributed by atoms with Crippen molar-refractivity contribution in [1.29, 1.82) is 0 Å². The highest BCUT2D eigenvalue weighted by atomic mass is 32.2. The van der Waals surface area contributed by atoms with Crippen LogP contribution in [0.3, 0.4) is 0 Å². The van der Waals surface area contributed by atoms with E-state index in [0.717, 1.165) is 5.41 Å².